The van der Waals surface area contributed by atoms with Gasteiger partial charge in [0.1, 0.15) is 11.6 Å². The number of nitrogens with two attached hydrogens (primary N) is 2. The zero-order valence-corrected chi connectivity index (χ0v) is 12.0. The van der Waals surface area contributed by atoms with Gasteiger partial charge < -0.3 is 11.5 Å². The van der Waals surface area contributed by atoms with Crippen LogP contribution in [0.1, 0.15) is 5.56 Å². The molecule has 110 valence electrons. The summed E-state index contributed by atoms with van der Waals surface area (Å²) in [5.74, 6) is -0.0780. The zero-order valence-electron chi connectivity index (χ0n) is 12.0. The van der Waals surface area contributed by atoms with Crippen LogP contribution >= 0.6 is 0 Å². The van der Waals surface area contributed by atoms with Gasteiger partial charge in [0, 0.05) is 16.8 Å². The van der Waals surface area contributed by atoms with Gasteiger partial charge in [-0.25, -0.2) is 9.37 Å². The number of hydrogen-bond acceptors (Lipinski definition) is 4. The van der Waals surface area contributed by atoms with Crippen molar-refractivity contribution >= 4 is 11.5 Å². The van der Waals surface area contributed by atoms with E-state index in [2.05, 4.69) is 9.97 Å². The second kappa shape index (κ2) is 5.44. The Morgan fingerprint density at radius 3 is 2.41 bits per heavy atom. The number of nitrogen functional groups attached to an aromatic ring is 2. The lowest BCUT2D eigenvalue weighted by Crippen LogP contribution is -1.95. The Labute approximate surface area is 127 Å². The van der Waals surface area contributed by atoms with Crippen LogP contribution in [0.25, 0.3) is 22.4 Å². The lowest BCUT2D eigenvalue weighted by molar-refractivity contribution is 0.631. The third-order valence-corrected chi connectivity index (χ3v) is 3.44. The molecule has 1 aromatic heterocycles. The Morgan fingerprint density at radius 1 is 0.909 bits per heavy atom. The number of aryl methyl sites for hydroxylation is 1. The maximum Gasteiger partial charge on any atom is 0.141 e. The van der Waals surface area contributed by atoms with Crippen molar-refractivity contribution in [3.05, 3.63) is 60.2 Å². The molecule has 0 aliphatic rings. The van der Waals surface area contributed by atoms with Crippen LogP contribution in [0.4, 0.5) is 15.9 Å². The van der Waals surface area contributed by atoms with E-state index in [-0.39, 0.29) is 5.82 Å². The van der Waals surface area contributed by atoms with Crippen molar-refractivity contribution < 1.29 is 4.39 Å². The molecular formula is C17H15FN4. The van der Waals surface area contributed by atoms with Gasteiger partial charge in [0.25, 0.3) is 0 Å². The Hall–Kier alpha value is -2.95. The van der Waals surface area contributed by atoms with Crippen LogP contribution in [0.5, 0.6) is 0 Å². The van der Waals surface area contributed by atoms with Crippen molar-refractivity contribution in [1.82, 2.24) is 9.97 Å². The minimum absolute atomic E-state index is 0.299. The highest BCUT2D eigenvalue weighted by molar-refractivity contribution is 5.78. The number of aromatic nitrogens is 2. The van der Waals surface area contributed by atoms with Crippen LogP contribution in [0.3, 0.4) is 0 Å². The molecule has 0 spiro atoms. The molecule has 0 aliphatic carbocycles. The molecule has 5 heteroatoms. The molecule has 3 aromatic rings. The highest BCUT2D eigenvalue weighted by atomic mass is 19.1. The predicted molar refractivity (Wildman–Crippen MR) is 86.4 cm³/mol. The molecule has 0 radical (unpaired) electrons. The topological polar surface area (TPSA) is 77.8 Å². The molecule has 0 aliphatic heterocycles. The lowest BCUT2D eigenvalue weighted by atomic mass is 9.99. The summed E-state index contributed by atoms with van der Waals surface area (Å²) < 4.78 is 14.4. The molecule has 0 amide bonds. The Bertz CT molecular complexity index is 829. The van der Waals surface area contributed by atoms with Crippen LogP contribution in [0.2, 0.25) is 0 Å². The number of rotatable bonds is 2. The molecule has 3 rings (SSSR count). The van der Waals surface area contributed by atoms with Gasteiger partial charge in [0.2, 0.25) is 0 Å². The van der Waals surface area contributed by atoms with Crippen LogP contribution in [-0.2, 0) is 0 Å². The summed E-state index contributed by atoms with van der Waals surface area (Å²) >= 11 is 0. The van der Waals surface area contributed by atoms with E-state index in [0.29, 0.717) is 22.8 Å². The van der Waals surface area contributed by atoms with Gasteiger partial charge in [-0.3, -0.25) is 4.98 Å². The molecule has 0 bridgehead atoms. The molecule has 1 heterocycles. The number of nitrogens with zero attached hydrogens (tertiary/aromatic N) is 2. The van der Waals surface area contributed by atoms with Crippen molar-refractivity contribution in [2.45, 2.75) is 6.92 Å². The van der Waals surface area contributed by atoms with Gasteiger partial charge in [-0.15, -0.1) is 0 Å². The van der Waals surface area contributed by atoms with Crippen LogP contribution in [-0.4, -0.2) is 9.97 Å². The fraction of sp³-hybridized carbons (Fsp3) is 0.0588. The zero-order chi connectivity index (χ0) is 15.7. The lowest BCUT2D eigenvalue weighted by Gasteiger charge is -2.09. The van der Waals surface area contributed by atoms with E-state index in [9.17, 15) is 4.39 Å². The summed E-state index contributed by atoms with van der Waals surface area (Å²) in [6.45, 7) is 1.97. The Kier molecular flexibility index (Phi) is 3.47. The third-order valence-electron chi connectivity index (χ3n) is 3.44. The monoisotopic (exact) mass is 294 g/mol. The van der Waals surface area contributed by atoms with Gasteiger partial charge in [-0.05, 0) is 36.8 Å². The average molecular weight is 294 g/mol. The fourth-order valence-corrected chi connectivity index (χ4v) is 2.29. The van der Waals surface area contributed by atoms with Crippen molar-refractivity contribution in [3.8, 4) is 22.4 Å². The van der Waals surface area contributed by atoms with Crippen molar-refractivity contribution in [2.24, 2.45) is 0 Å². The van der Waals surface area contributed by atoms with Crippen LogP contribution in [0.15, 0.2) is 48.8 Å². The summed E-state index contributed by atoms with van der Waals surface area (Å²) in [5.41, 5.74) is 15.5. The maximum absolute atomic E-state index is 14.4. The standard InChI is InChI=1S/C17H15FN4/c1-10-2-5-15(19)13(6-10)11-3-4-12(14(18)7-11)16-8-22-17(20)9-21-16/h2-9H,19H2,1H3,(H2,20,22). The van der Waals surface area contributed by atoms with Crippen LogP contribution < -0.4 is 11.5 Å². The summed E-state index contributed by atoms with van der Waals surface area (Å²) in [6, 6.07) is 10.6. The predicted octanol–water partition coefficient (Wildman–Crippen LogP) is 3.42. The molecule has 2 aromatic carbocycles. The van der Waals surface area contributed by atoms with E-state index in [1.165, 1.54) is 18.5 Å². The molecule has 22 heavy (non-hydrogen) atoms. The number of halogens is 1. The SMILES string of the molecule is Cc1ccc(N)c(-c2ccc(-c3cnc(N)cn3)c(F)c2)c1. The largest absolute Gasteiger partial charge is 0.398 e. The Balaban J connectivity index is 2.05. The molecular weight excluding hydrogens is 279 g/mol. The first kappa shape index (κ1) is 14.0. The van der Waals surface area contributed by atoms with E-state index < -0.39 is 0 Å². The normalized spacial score (nSPS) is 10.6. The smallest absolute Gasteiger partial charge is 0.141 e. The quantitative estimate of drug-likeness (QED) is 0.710. The van der Waals surface area contributed by atoms with E-state index in [1.807, 2.05) is 31.2 Å². The minimum atomic E-state index is -0.377. The first-order valence-electron chi connectivity index (χ1n) is 6.78. The molecule has 4 N–H and O–H groups in total. The molecule has 4 nitrogen and oxygen atoms in total. The van der Waals surface area contributed by atoms with E-state index >= 15 is 0 Å². The summed E-state index contributed by atoms with van der Waals surface area (Å²) in [6.07, 6.45) is 2.86. The first-order valence-corrected chi connectivity index (χ1v) is 6.78. The van der Waals surface area contributed by atoms with Crippen molar-refractivity contribution in [3.63, 3.8) is 0 Å². The van der Waals surface area contributed by atoms with Crippen molar-refractivity contribution in [1.29, 1.82) is 0 Å². The van der Waals surface area contributed by atoms with Gasteiger partial charge >= 0.3 is 0 Å². The van der Waals surface area contributed by atoms with Gasteiger partial charge in [0.15, 0.2) is 0 Å². The third kappa shape index (κ3) is 2.61. The highest BCUT2D eigenvalue weighted by Crippen LogP contribution is 2.30. The summed E-state index contributed by atoms with van der Waals surface area (Å²) in [4.78, 5) is 8.02. The van der Waals surface area contributed by atoms with E-state index in [0.717, 1.165) is 16.7 Å². The minimum Gasteiger partial charge on any atom is -0.398 e. The van der Waals surface area contributed by atoms with Crippen LogP contribution in [0, 0.1) is 12.7 Å². The maximum atomic E-state index is 14.4. The number of anilines is 2. The molecule has 0 saturated heterocycles. The van der Waals surface area contributed by atoms with E-state index in [1.54, 1.807) is 6.07 Å². The molecule has 0 atom stereocenters. The second-order valence-electron chi connectivity index (χ2n) is 5.11. The highest BCUT2D eigenvalue weighted by Gasteiger charge is 2.10. The summed E-state index contributed by atoms with van der Waals surface area (Å²) in [7, 11) is 0. The summed E-state index contributed by atoms with van der Waals surface area (Å²) in [5, 5.41) is 0. The van der Waals surface area contributed by atoms with Gasteiger partial charge in [0.05, 0.1) is 18.1 Å². The second-order valence-corrected chi connectivity index (χ2v) is 5.11. The van der Waals surface area contributed by atoms with E-state index in [4.69, 9.17) is 11.5 Å². The van der Waals surface area contributed by atoms with Crippen molar-refractivity contribution in [2.75, 3.05) is 11.5 Å². The molecule has 0 saturated carbocycles. The van der Waals surface area contributed by atoms with Gasteiger partial charge in [-0.2, -0.15) is 0 Å². The number of hydrogen-bond donors (Lipinski definition) is 2. The first-order chi connectivity index (χ1) is 10.5. The van der Waals surface area contributed by atoms with Gasteiger partial charge in [-0.1, -0.05) is 17.7 Å². The fourth-order valence-electron chi connectivity index (χ4n) is 2.29. The molecule has 0 fully saturated rings. The number of benzene rings is 2. The average Bonchev–Trinajstić information content (AvgIpc) is 2.51. The Morgan fingerprint density at radius 2 is 1.73 bits per heavy atom. The molecule has 0 unspecified atom stereocenters.